The Labute approximate surface area is 124 Å². The van der Waals surface area contributed by atoms with Crippen LogP contribution in [0, 0.1) is 13.8 Å². The van der Waals surface area contributed by atoms with Crippen LogP contribution in [0.1, 0.15) is 32.4 Å². The highest BCUT2D eigenvalue weighted by atomic mass is 79.9. The van der Waals surface area contributed by atoms with E-state index in [0.717, 1.165) is 0 Å². The summed E-state index contributed by atoms with van der Waals surface area (Å²) < 4.78 is 7.58. The molecule has 0 atom stereocenters. The Kier molecular flexibility index (Phi) is 3.99. The van der Waals surface area contributed by atoms with Crippen molar-refractivity contribution in [2.45, 2.75) is 13.8 Å². The smallest absolute Gasteiger partial charge is 0.286 e. The number of hydrazine groups is 1. The molecule has 0 aliphatic heterocycles. The van der Waals surface area contributed by atoms with Crippen molar-refractivity contribution in [3.63, 3.8) is 0 Å². The summed E-state index contributed by atoms with van der Waals surface area (Å²) in [7, 11) is 1.75. The van der Waals surface area contributed by atoms with Gasteiger partial charge in [-0.3, -0.25) is 20.4 Å². The zero-order valence-corrected chi connectivity index (χ0v) is 12.9. The topological polar surface area (TPSA) is 76.3 Å². The van der Waals surface area contributed by atoms with Crippen LogP contribution in [-0.4, -0.2) is 16.4 Å². The number of carbonyl (C=O) groups excluding carboxylic acids is 2. The van der Waals surface area contributed by atoms with E-state index in [1.54, 1.807) is 43.8 Å². The van der Waals surface area contributed by atoms with E-state index < -0.39 is 5.91 Å². The molecule has 0 radical (unpaired) electrons. The van der Waals surface area contributed by atoms with E-state index in [9.17, 15) is 9.59 Å². The molecule has 0 saturated heterocycles. The molecule has 2 N–H and O–H groups in total. The lowest BCUT2D eigenvalue weighted by atomic mass is 10.2. The first-order valence-corrected chi connectivity index (χ1v) is 6.68. The Morgan fingerprint density at radius 2 is 1.85 bits per heavy atom. The first-order chi connectivity index (χ1) is 9.41. The van der Waals surface area contributed by atoms with E-state index in [0.29, 0.717) is 27.3 Å². The van der Waals surface area contributed by atoms with Crippen molar-refractivity contribution in [3.8, 4) is 0 Å². The molecule has 0 aliphatic rings. The second-order valence-corrected chi connectivity index (χ2v) is 5.11. The summed E-state index contributed by atoms with van der Waals surface area (Å²) >= 11 is 3.29. The fourth-order valence-corrected chi connectivity index (χ4v) is 2.39. The molecule has 2 aromatic heterocycles. The number of nitrogens with one attached hydrogen (secondary N) is 2. The van der Waals surface area contributed by atoms with E-state index in [-0.39, 0.29) is 5.91 Å². The molecular weight excluding hydrogens is 326 g/mol. The summed E-state index contributed by atoms with van der Waals surface area (Å²) in [5.41, 5.74) is 5.55. The van der Waals surface area contributed by atoms with Crippen molar-refractivity contribution in [3.05, 3.63) is 45.6 Å². The average molecular weight is 340 g/mol. The molecule has 6 nitrogen and oxygen atoms in total. The van der Waals surface area contributed by atoms with Gasteiger partial charge in [-0.1, -0.05) is 0 Å². The lowest BCUT2D eigenvalue weighted by Crippen LogP contribution is -2.42. The highest BCUT2D eigenvalue weighted by molar-refractivity contribution is 9.10. The molecule has 7 heteroatoms. The van der Waals surface area contributed by atoms with Crippen molar-refractivity contribution >= 4 is 27.7 Å². The number of aromatic nitrogens is 1. The fraction of sp³-hybridized carbons (Fsp3) is 0.231. The van der Waals surface area contributed by atoms with Crippen molar-refractivity contribution < 1.29 is 14.0 Å². The van der Waals surface area contributed by atoms with Crippen LogP contribution in [0.15, 0.2) is 27.2 Å². The summed E-state index contributed by atoms with van der Waals surface area (Å²) in [6.07, 6.45) is 1.75. The number of furan rings is 1. The molecule has 0 spiro atoms. The van der Waals surface area contributed by atoms with E-state index >= 15 is 0 Å². The van der Waals surface area contributed by atoms with Gasteiger partial charge in [-0.15, -0.1) is 0 Å². The molecule has 0 unspecified atom stereocenters. The number of amides is 2. The summed E-state index contributed by atoms with van der Waals surface area (Å²) in [5.74, 6) is 0.273. The summed E-state index contributed by atoms with van der Waals surface area (Å²) in [6.45, 7) is 3.43. The monoisotopic (exact) mass is 339 g/mol. The fourth-order valence-electron chi connectivity index (χ4n) is 1.85. The van der Waals surface area contributed by atoms with Gasteiger partial charge in [0.25, 0.3) is 11.8 Å². The summed E-state index contributed by atoms with van der Waals surface area (Å²) in [4.78, 5) is 23.9. The zero-order chi connectivity index (χ0) is 14.9. The Morgan fingerprint density at radius 1 is 1.20 bits per heavy atom. The number of hydrogen-bond donors (Lipinski definition) is 2. The third-order valence-electron chi connectivity index (χ3n) is 2.88. The van der Waals surface area contributed by atoms with Gasteiger partial charge in [0.1, 0.15) is 17.2 Å². The molecule has 0 fully saturated rings. The van der Waals surface area contributed by atoms with Gasteiger partial charge in [0.2, 0.25) is 0 Å². The first-order valence-electron chi connectivity index (χ1n) is 5.89. The minimum atomic E-state index is -0.436. The molecule has 0 aliphatic carbocycles. The molecule has 2 aromatic rings. The van der Waals surface area contributed by atoms with Crippen LogP contribution >= 0.6 is 15.9 Å². The van der Waals surface area contributed by atoms with Crippen molar-refractivity contribution in [2.75, 3.05) is 0 Å². The van der Waals surface area contributed by atoms with Crippen LogP contribution in [0.2, 0.25) is 0 Å². The highest BCUT2D eigenvalue weighted by Crippen LogP contribution is 2.26. The number of aryl methyl sites for hydroxylation is 3. The van der Waals surface area contributed by atoms with E-state index in [1.165, 1.54) is 0 Å². The largest absolute Gasteiger partial charge is 0.465 e. The number of rotatable bonds is 2. The zero-order valence-electron chi connectivity index (χ0n) is 11.3. The normalized spacial score (nSPS) is 10.4. The lowest BCUT2D eigenvalue weighted by molar-refractivity contribution is 0.0841. The summed E-state index contributed by atoms with van der Waals surface area (Å²) in [5, 5.41) is 0. The molecule has 2 amide bonds. The second kappa shape index (κ2) is 5.54. The van der Waals surface area contributed by atoms with Crippen LogP contribution < -0.4 is 10.9 Å². The number of halogens is 1. The number of hydrogen-bond acceptors (Lipinski definition) is 3. The van der Waals surface area contributed by atoms with Gasteiger partial charge in [0, 0.05) is 13.2 Å². The Balaban J connectivity index is 2.06. The minimum Gasteiger partial charge on any atom is -0.465 e. The van der Waals surface area contributed by atoms with Crippen molar-refractivity contribution in [2.24, 2.45) is 7.05 Å². The van der Waals surface area contributed by atoms with E-state index in [4.69, 9.17) is 4.42 Å². The van der Waals surface area contributed by atoms with E-state index in [1.807, 2.05) is 0 Å². The molecule has 0 aromatic carbocycles. The Morgan fingerprint density at radius 3 is 2.35 bits per heavy atom. The predicted octanol–water partition coefficient (Wildman–Crippen LogP) is 2.07. The summed E-state index contributed by atoms with van der Waals surface area (Å²) in [6, 6.07) is 3.40. The van der Waals surface area contributed by atoms with Crippen LogP contribution in [0.5, 0.6) is 0 Å². The molecule has 20 heavy (non-hydrogen) atoms. The molecule has 106 valence electrons. The van der Waals surface area contributed by atoms with Crippen LogP contribution in [0.4, 0.5) is 0 Å². The maximum atomic E-state index is 12.0. The maximum Gasteiger partial charge on any atom is 0.286 e. The standard InChI is InChI=1S/C13H14BrN3O3/c1-7-10(11(14)8(2)20-7)13(19)16-15-12(18)9-5-4-6-17(9)3/h4-6H,1-3H3,(H,15,18)(H,16,19). The SMILES string of the molecule is Cc1oc(C)c(C(=O)NNC(=O)c2cccn2C)c1Br. The van der Waals surface area contributed by atoms with Crippen LogP contribution in [0.25, 0.3) is 0 Å². The predicted molar refractivity (Wildman–Crippen MR) is 76.2 cm³/mol. The third-order valence-corrected chi connectivity index (χ3v) is 3.83. The van der Waals surface area contributed by atoms with Gasteiger partial charge in [-0.2, -0.15) is 0 Å². The van der Waals surface area contributed by atoms with Gasteiger partial charge in [0.15, 0.2) is 0 Å². The quantitative estimate of drug-likeness (QED) is 0.822. The average Bonchev–Trinajstić information content (AvgIpc) is 2.91. The van der Waals surface area contributed by atoms with Gasteiger partial charge in [-0.05, 0) is 41.9 Å². The Bertz CT molecular complexity index is 672. The molecule has 0 saturated carbocycles. The van der Waals surface area contributed by atoms with Crippen molar-refractivity contribution in [1.82, 2.24) is 15.4 Å². The van der Waals surface area contributed by atoms with E-state index in [2.05, 4.69) is 26.8 Å². The minimum absolute atomic E-state index is 0.370. The molecule has 2 heterocycles. The number of carbonyl (C=O) groups is 2. The van der Waals surface area contributed by atoms with Crippen LogP contribution in [-0.2, 0) is 7.05 Å². The van der Waals surface area contributed by atoms with Gasteiger partial charge >= 0.3 is 0 Å². The molecular formula is C13H14BrN3O3. The van der Waals surface area contributed by atoms with Crippen LogP contribution in [0.3, 0.4) is 0 Å². The molecule has 0 bridgehead atoms. The first kappa shape index (κ1) is 14.4. The number of nitrogens with zero attached hydrogens (tertiary/aromatic N) is 1. The third kappa shape index (κ3) is 2.62. The lowest BCUT2D eigenvalue weighted by Gasteiger charge is -2.07. The van der Waals surface area contributed by atoms with Gasteiger partial charge in [-0.25, -0.2) is 0 Å². The van der Waals surface area contributed by atoms with Gasteiger partial charge < -0.3 is 8.98 Å². The molecule has 2 rings (SSSR count). The maximum absolute atomic E-state index is 12.0. The Hall–Kier alpha value is -2.02. The highest BCUT2D eigenvalue weighted by Gasteiger charge is 2.20. The van der Waals surface area contributed by atoms with Gasteiger partial charge in [0.05, 0.1) is 10.0 Å². The van der Waals surface area contributed by atoms with Crippen molar-refractivity contribution in [1.29, 1.82) is 0 Å². The second-order valence-electron chi connectivity index (χ2n) is 4.32.